The maximum Gasteiger partial charge on any atom is 0.317 e. The number of likely N-dealkylation sites (N-methyl/N-ethyl adjacent to an activating group) is 1. The quantitative estimate of drug-likeness (QED) is 0.779. The Balaban J connectivity index is 2.69. The molecule has 1 aromatic rings. The summed E-state index contributed by atoms with van der Waals surface area (Å²) in [5.41, 5.74) is 0. The van der Waals surface area contributed by atoms with Crippen LogP contribution in [0.25, 0.3) is 0 Å². The zero-order valence-electron chi connectivity index (χ0n) is 11.7. The summed E-state index contributed by atoms with van der Waals surface area (Å²) in [6.45, 7) is 2.54. The van der Waals surface area contributed by atoms with Crippen molar-refractivity contribution >= 4 is 6.03 Å². The van der Waals surface area contributed by atoms with Gasteiger partial charge in [-0.25, -0.2) is 4.79 Å². The van der Waals surface area contributed by atoms with Crippen molar-refractivity contribution in [1.82, 2.24) is 10.2 Å². The van der Waals surface area contributed by atoms with Crippen molar-refractivity contribution in [3.8, 4) is 0 Å². The zero-order chi connectivity index (χ0) is 14.3. The number of methoxy groups -OCH3 is 1. The molecule has 108 valence electrons. The molecule has 0 bridgehead atoms. The second-order valence-corrected chi connectivity index (χ2v) is 4.26. The van der Waals surface area contributed by atoms with Crippen LogP contribution in [0.2, 0.25) is 0 Å². The molecule has 0 aliphatic rings. The first-order valence-corrected chi connectivity index (χ1v) is 6.32. The van der Waals surface area contributed by atoms with Crippen molar-refractivity contribution in [3.63, 3.8) is 0 Å². The van der Waals surface area contributed by atoms with Crippen molar-refractivity contribution in [1.29, 1.82) is 0 Å². The van der Waals surface area contributed by atoms with E-state index in [9.17, 15) is 4.79 Å². The van der Waals surface area contributed by atoms with Gasteiger partial charge in [0.25, 0.3) is 0 Å². The Labute approximate surface area is 113 Å². The van der Waals surface area contributed by atoms with E-state index in [1.54, 1.807) is 14.2 Å². The number of nitrogens with zero attached hydrogens (tertiary/aromatic N) is 1. The molecule has 2 amide bonds. The normalized spacial score (nSPS) is 12.2. The molecule has 6 nitrogen and oxygen atoms in total. The molecule has 1 aromatic heterocycles. The number of carbonyl (C=O) groups is 1. The molecule has 6 heteroatoms. The Bertz CT molecular complexity index is 392. The highest BCUT2D eigenvalue weighted by Crippen LogP contribution is 2.17. The molecule has 0 radical (unpaired) electrons. The number of rotatable bonds is 7. The molecule has 0 saturated heterocycles. The van der Waals surface area contributed by atoms with Crippen molar-refractivity contribution in [2.75, 3.05) is 33.9 Å². The van der Waals surface area contributed by atoms with Crippen molar-refractivity contribution in [2.45, 2.75) is 19.4 Å². The van der Waals surface area contributed by atoms with Gasteiger partial charge in [0.15, 0.2) is 0 Å². The molecular formula is C13H22N2O4. The number of aliphatic hydroxyl groups is 1. The first-order valence-electron chi connectivity index (χ1n) is 6.32. The van der Waals surface area contributed by atoms with Gasteiger partial charge in [-0.15, -0.1) is 0 Å². The van der Waals surface area contributed by atoms with Crippen LogP contribution < -0.4 is 5.32 Å². The monoisotopic (exact) mass is 270 g/mol. The Hall–Kier alpha value is -1.53. The molecule has 19 heavy (non-hydrogen) atoms. The second kappa shape index (κ2) is 7.81. The van der Waals surface area contributed by atoms with E-state index in [2.05, 4.69) is 5.32 Å². The second-order valence-electron chi connectivity index (χ2n) is 4.26. The average molecular weight is 270 g/mol. The molecule has 1 unspecified atom stereocenters. The maximum absolute atomic E-state index is 11.9. The van der Waals surface area contributed by atoms with Gasteiger partial charge in [0, 0.05) is 27.1 Å². The van der Waals surface area contributed by atoms with Gasteiger partial charge in [-0.1, -0.05) is 6.92 Å². The van der Waals surface area contributed by atoms with E-state index < -0.39 is 0 Å². The van der Waals surface area contributed by atoms with E-state index in [-0.39, 0.29) is 25.2 Å². The van der Waals surface area contributed by atoms with Crippen molar-refractivity contribution < 1.29 is 19.1 Å². The summed E-state index contributed by atoms with van der Waals surface area (Å²) in [6.07, 6.45) is 0.804. The van der Waals surface area contributed by atoms with Gasteiger partial charge in [0.1, 0.15) is 17.6 Å². The van der Waals surface area contributed by atoms with Crippen LogP contribution in [0.1, 0.15) is 24.5 Å². The summed E-state index contributed by atoms with van der Waals surface area (Å²) in [4.78, 5) is 13.3. The third-order valence-electron chi connectivity index (χ3n) is 2.79. The Morgan fingerprint density at radius 1 is 1.58 bits per heavy atom. The number of urea groups is 1. The first kappa shape index (κ1) is 15.5. The van der Waals surface area contributed by atoms with E-state index >= 15 is 0 Å². The number of ether oxygens (including phenoxy) is 1. The highest BCUT2D eigenvalue weighted by Gasteiger charge is 2.19. The average Bonchev–Trinajstić information content (AvgIpc) is 2.87. The molecule has 0 aromatic carbocycles. The molecule has 1 heterocycles. The van der Waals surface area contributed by atoms with E-state index in [1.165, 1.54) is 4.90 Å². The summed E-state index contributed by atoms with van der Waals surface area (Å²) in [5.74, 6) is 1.54. The fourth-order valence-electron chi connectivity index (χ4n) is 1.64. The smallest absolute Gasteiger partial charge is 0.317 e. The van der Waals surface area contributed by atoms with E-state index in [0.717, 1.165) is 12.2 Å². The van der Waals surface area contributed by atoms with Crippen LogP contribution in [0.15, 0.2) is 16.5 Å². The van der Waals surface area contributed by atoms with Crippen LogP contribution in [0.5, 0.6) is 0 Å². The number of hydrogen-bond donors (Lipinski definition) is 2. The van der Waals surface area contributed by atoms with Gasteiger partial charge in [-0.2, -0.15) is 0 Å². The van der Waals surface area contributed by atoms with Gasteiger partial charge in [0.05, 0.1) is 13.2 Å². The van der Waals surface area contributed by atoms with E-state index in [4.69, 9.17) is 14.3 Å². The molecule has 1 atom stereocenters. The number of carbonyl (C=O) groups excluding carboxylic acids is 1. The number of aliphatic hydroxyl groups excluding tert-OH is 1. The molecule has 0 aliphatic carbocycles. The highest BCUT2D eigenvalue weighted by atomic mass is 16.5. The minimum atomic E-state index is -0.334. The lowest BCUT2D eigenvalue weighted by Gasteiger charge is -2.21. The maximum atomic E-state index is 11.9. The molecule has 0 spiro atoms. The summed E-state index contributed by atoms with van der Waals surface area (Å²) in [5, 5.41) is 11.6. The first-order chi connectivity index (χ1) is 9.12. The van der Waals surface area contributed by atoms with Crippen LogP contribution in [0, 0.1) is 0 Å². The number of aryl methyl sites for hydroxylation is 1. The van der Waals surface area contributed by atoms with Crippen LogP contribution in [0.3, 0.4) is 0 Å². The van der Waals surface area contributed by atoms with Crippen molar-refractivity contribution in [2.24, 2.45) is 0 Å². The highest BCUT2D eigenvalue weighted by molar-refractivity contribution is 5.74. The van der Waals surface area contributed by atoms with Gasteiger partial charge in [-0.05, 0) is 12.1 Å². The topological polar surface area (TPSA) is 74.9 Å². The summed E-state index contributed by atoms with van der Waals surface area (Å²) < 4.78 is 10.7. The van der Waals surface area contributed by atoms with E-state index in [1.807, 2.05) is 19.1 Å². The van der Waals surface area contributed by atoms with Crippen molar-refractivity contribution in [3.05, 3.63) is 23.7 Å². The third kappa shape index (κ3) is 4.57. The third-order valence-corrected chi connectivity index (χ3v) is 2.79. The number of hydrogen-bond acceptors (Lipinski definition) is 4. The molecular weight excluding hydrogens is 248 g/mol. The predicted octanol–water partition coefficient (Wildman–Crippen LogP) is 1.16. The van der Waals surface area contributed by atoms with Gasteiger partial charge >= 0.3 is 6.03 Å². The van der Waals surface area contributed by atoms with Gasteiger partial charge < -0.3 is 24.5 Å². The molecule has 1 rings (SSSR count). The molecule has 0 aliphatic heterocycles. The summed E-state index contributed by atoms with van der Waals surface area (Å²) >= 11 is 0. The Kier molecular flexibility index (Phi) is 6.38. The molecule has 0 fully saturated rings. The van der Waals surface area contributed by atoms with Gasteiger partial charge in [0.2, 0.25) is 0 Å². The van der Waals surface area contributed by atoms with Gasteiger partial charge in [-0.3, -0.25) is 0 Å². The Morgan fingerprint density at radius 3 is 2.84 bits per heavy atom. The number of furan rings is 1. The summed E-state index contributed by atoms with van der Waals surface area (Å²) in [6, 6.07) is 3.13. The van der Waals surface area contributed by atoms with Crippen LogP contribution in [0.4, 0.5) is 4.79 Å². The van der Waals surface area contributed by atoms with Crippen LogP contribution >= 0.6 is 0 Å². The minimum absolute atomic E-state index is 0.0698. The lowest BCUT2D eigenvalue weighted by molar-refractivity contribution is 0.146. The lowest BCUT2D eigenvalue weighted by atomic mass is 10.2. The minimum Gasteiger partial charge on any atom is -0.464 e. The fraction of sp³-hybridized carbons (Fsp3) is 0.615. The Morgan fingerprint density at radius 2 is 2.32 bits per heavy atom. The predicted molar refractivity (Wildman–Crippen MR) is 71.0 cm³/mol. The molecule has 0 saturated carbocycles. The fourth-order valence-corrected chi connectivity index (χ4v) is 1.64. The van der Waals surface area contributed by atoms with E-state index in [0.29, 0.717) is 12.4 Å². The van der Waals surface area contributed by atoms with Crippen LogP contribution in [-0.4, -0.2) is 50.0 Å². The SMILES string of the molecule is CCc1ccc(C(COC)NC(=O)N(C)CCO)o1. The lowest BCUT2D eigenvalue weighted by Crippen LogP contribution is -2.41. The number of amides is 2. The zero-order valence-corrected chi connectivity index (χ0v) is 11.7. The molecule has 2 N–H and O–H groups in total. The number of nitrogens with one attached hydrogen (secondary N) is 1. The summed E-state index contributed by atoms with van der Waals surface area (Å²) in [7, 11) is 3.19. The standard InChI is InChI=1S/C13H22N2O4/c1-4-10-5-6-12(19-10)11(9-18-3)14-13(17)15(2)7-8-16/h5-6,11,16H,4,7-9H2,1-3H3,(H,14,17). The largest absolute Gasteiger partial charge is 0.464 e. The van der Waals surface area contributed by atoms with Crippen LogP contribution in [-0.2, 0) is 11.2 Å².